The van der Waals surface area contributed by atoms with Gasteiger partial charge in [-0.1, -0.05) is 55.8 Å². The van der Waals surface area contributed by atoms with Crippen LogP contribution in [0.4, 0.5) is 0 Å². The van der Waals surface area contributed by atoms with E-state index in [0.29, 0.717) is 34.5 Å². The van der Waals surface area contributed by atoms with Crippen molar-refractivity contribution in [3.63, 3.8) is 0 Å². The molecule has 3 aromatic rings. The highest BCUT2D eigenvalue weighted by atomic mass is 16.5. The molecule has 0 fully saturated rings. The topological polar surface area (TPSA) is 95.7 Å². The largest absolute Gasteiger partial charge is 0.493 e. The Hall–Kier alpha value is -3.81. The summed E-state index contributed by atoms with van der Waals surface area (Å²) in [6.45, 7) is 4.06. The summed E-state index contributed by atoms with van der Waals surface area (Å²) in [6, 6.07) is 12.7. The second kappa shape index (κ2) is 11.2. The monoisotopic (exact) mass is 451 g/mol. The molecule has 0 aliphatic heterocycles. The summed E-state index contributed by atoms with van der Waals surface area (Å²) in [5.74, 6) is 1.96. The number of amides is 1. The smallest absolute Gasteiger partial charge is 0.249 e. The third kappa shape index (κ3) is 5.71. The summed E-state index contributed by atoms with van der Waals surface area (Å²) in [5.41, 5.74) is 1.58. The van der Waals surface area contributed by atoms with Crippen molar-refractivity contribution in [1.29, 1.82) is 0 Å². The van der Waals surface area contributed by atoms with Crippen LogP contribution in [0.5, 0.6) is 17.2 Å². The molecule has 3 rings (SSSR count). The zero-order valence-electron chi connectivity index (χ0n) is 19.5. The number of carbonyl (C=O) groups excluding carboxylic acids is 1. The van der Waals surface area contributed by atoms with Gasteiger partial charge in [-0.3, -0.25) is 4.79 Å². The molecule has 33 heavy (non-hydrogen) atoms. The van der Waals surface area contributed by atoms with E-state index < -0.39 is 6.04 Å². The standard InChI is InChI=1S/C25H29N3O5/c1-6-16(2)22(26-21(29)13-12-17-10-8-7-9-11-17)25-27-24(28-33-25)18-14-19(30-3)23(32-5)20(15-18)31-4/h7-16,22H,6H2,1-5H3,(H,26,29)/b13-12+/t16-,22-/m1/s1. The Morgan fingerprint density at radius 2 is 1.76 bits per heavy atom. The van der Waals surface area contributed by atoms with Crippen LogP contribution in [-0.4, -0.2) is 37.4 Å². The first-order chi connectivity index (χ1) is 16.0. The van der Waals surface area contributed by atoms with Gasteiger partial charge in [-0.05, 0) is 29.7 Å². The summed E-state index contributed by atoms with van der Waals surface area (Å²) < 4.78 is 21.7. The van der Waals surface area contributed by atoms with Gasteiger partial charge in [-0.15, -0.1) is 0 Å². The van der Waals surface area contributed by atoms with Crippen molar-refractivity contribution >= 4 is 12.0 Å². The van der Waals surface area contributed by atoms with Gasteiger partial charge in [0.1, 0.15) is 6.04 Å². The predicted molar refractivity (Wildman–Crippen MR) is 125 cm³/mol. The summed E-state index contributed by atoms with van der Waals surface area (Å²) in [7, 11) is 4.62. The molecule has 0 saturated heterocycles. The Kier molecular flexibility index (Phi) is 8.07. The van der Waals surface area contributed by atoms with Gasteiger partial charge < -0.3 is 24.1 Å². The molecule has 0 aliphatic carbocycles. The highest BCUT2D eigenvalue weighted by molar-refractivity contribution is 5.91. The maximum Gasteiger partial charge on any atom is 0.249 e. The molecule has 8 heteroatoms. The first-order valence-corrected chi connectivity index (χ1v) is 10.7. The molecule has 0 saturated carbocycles. The van der Waals surface area contributed by atoms with Crippen LogP contribution in [0, 0.1) is 5.92 Å². The summed E-state index contributed by atoms with van der Waals surface area (Å²) in [5, 5.41) is 7.11. The predicted octanol–water partition coefficient (Wildman–Crippen LogP) is 4.68. The van der Waals surface area contributed by atoms with Gasteiger partial charge in [0, 0.05) is 11.6 Å². The van der Waals surface area contributed by atoms with Crippen LogP contribution in [0.2, 0.25) is 0 Å². The van der Waals surface area contributed by atoms with Crippen LogP contribution in [-0.2, 0) is 4.79 Å². The Morgan fingerprint density at radius 1 is 1.09 bits per heavy atom. The Balaban J connectivity index is 1.86. The zero-order chi connectivity index (χ0) is 23.8. The zero-order valence-corrected chi connectivity index (χ0v) is 19.5. The molecule has 1 N–H and O–H groups in total. The van der Waals surface area contributed by atoms with Crippen LogP contribution < -0.4 is 19.5 Å². The van der Waals surface area contributed by atoms with Crippen LogP contribution in [0.3, 0.4) is 0 Å². The lowest BCUT2D eigenvalue weighted by Gasteiger charge is -2.19. The van der Waals surface area contributed by atoms with E-state index in [9.17, 15) is 4.79 Å². The van der Waals surface area contributed by atoms with Crippen molar-refractivity contribution in [2.45, 2.75) is 26.3 Å². The van der Waals surface area contributed by atoms with Crippen molar-refractivity contribution in [2.75, 3.05) is 21.3 Å². The van der Waals surface area contributed by atoms with Gasteiger partial charge in [0.25, 0.3) is 0 Å². The molecule has 0 radical (unpaired) electrons. The minimum atomic E-state index is -0.439. The SMILES string of the molecule is CC[C@@H](C)[C@@H](NC(=O)/C=C/c1ccccc1)c1nc(-c2cc(OC)c(OC)c(OC)c2)no1. The lowest BCUT2D eigenvalue weighted by molar-refractivity contribution is -0.117. The number of methoxy groups -OCH3 is 3. The second-order valence-electron chi connectivity index (χ2n) is 7.49. The minimum absolute atomic E-state index is 0.0762. The molecular weight excluding hydrogens is 422 g/mol. The molecule has 0 spiro atoms. The lowest BCUT2D eigenvalue weighted by Crippen LogP contribution is -2.31. The van der Waals surface area contributed by atoms with E-state index in [2.05, 4.69) is 15.5 Å². The molecule has 0 aliphatic rings. The fourth-order valence-electron chi connectivity index (χ4n) is 3.31. The van der Waals surface area contributed by atoms with E-state index in [0.717, 1.165) is 12.0 Å². The summed E-state index contributed by atoms with van der Waals surface area (Å²) in [6.07, 6.45) is 4.08. The van der Waals surface area contributed by atoms with E-state index in [4.69, 9.17) is 18.7 Å². The van der Waals surface area contributed by atoms with Gasteiger partial charge >= 0.3 is 0 Å². The van der Waals surface area contributed by atoms with Crippen molar-refractivity contribution in [3.05, 3.63) is 60.0 Å². The molecule has 2 atom stereocenters. The summed E-state index contributed by atoms with van der Waals surface area (Å²) in [4.78, 5) is 17.2. The van der Waals surface area contributed by atoms with Gasteiger partial charge in [0.15, 0.2) is 11.5 Å². The Morgan fingerprint density at radius 3 is 2.33 bits per heavy atom. The average Bonchev–Trinajstić information content (AvgIpc) is 3.35. The van der Waals surface area contributed by atoms with Gasteiger partial charge in [-0.2, -0.15) is 4.98 Å². The van der Waals surface area contributed by atoms with Crippen molar-refractivity contribution < 1.29 is 23.5 Å². The Bertz CT molecular complexity index is 1070. The van der Waals surface area contributed by atoms with Crippen molar-refractivity contribution in [3.8, 4) is 28.6 Å². The Labute approximate surface area is 193 Å². The lowest BCUT2D eigenvalue weighted by atomic mass is 9.99. The fourth-order valence-corrected chi connectivity index (χ4v) is 3.31. The number of nitrogens with one attached hydrogen (secondary N) is 1. The maximum atomic E-state index is 12.6. The highest BCUT2D eigenvalue weighted by Crippen LogP contribution is 2.40. The number of aromatic nitrogens is 2. The molecule has 0 unspecified atom stereocenters. The number of nitrogens with zero attached hydrogens (tertiary/aromatic N) is 2. The number of carbonyl (C=O) groups is 1. The van der Waals surface area contributed by atoms with E-state index in [1.165, 1.54) is 13.2 Å². The first kappa shape index (κ1) is 23.8. The molecule has 174 valence electrons. The third-order valence-electron chi connectivity index (χ3n) is 5.37. The second-order valence-corrected chi connectivity index (χ2v) is 7.49. The molecule has 1 heterocycles. The van der Waals surface area contributed by atoms with E-state index in [1.807, 2.05) is 44.2 Å². The molecule has 0 bridgehead atoms. The van der Waals surface area contributed by atoms with E-state index >= 15 is 0 Å². The molecule has 2 aromatic carbocycles. The quantitative estimate of drug-likeness (QED) is 0.447. The van der Waals surface area contributed by atoms with Crippen LogP contribution >= 0.6 is 0 Å². The summed E-state index contributed by atoms with van der Waals surface area (Å²) >= 11 is 0. The van der Waals surface area contributed by atoms with Crippen LogP contribution in [0.1, 0.15) is 37.8 Å². The number of hydrogen-bond acceptors (Lipinski definition) is 7. The fraction of sp³-hybridized carbons (Fsp3) is 0.320. The van der Waals surface area contributed by atoms with Crippen LogP contribution in [0.25, 0.3) is 17.5 Å². The van der Waals surface area contributed by atoms with Crippen molar-refractivity contribution in [1.82, 2.24) is 15.5 Å². The molecular formula is C25H29N3O5. The van der Waals surface area contributed by atoms with Gasteiger partial charge in [0.2, 0.25) is 23.4 Å². The molecule has 1 aromatic heterocycles. The van der Waals surface area contributed by atoms with E-state index in [-0.39, 0.29) is 11.8 Å². The number of rotatable bonds is 10. The molecule has 1 amide bonds. The number of benzene rings is 2. The van der Waals surface area contributed by atoms with E-state index in [1.54, 1.807) is 32.4 Å². The molecule has 8 nitrogen and oxygen atoms in total. The minimum Gasteiger partial charge on any atom is -0.493 e. The van der Waals surface area contributed by atoms with Gasteiger partial charge in [0.05, 0.1) is 21.3 Å². The third-order valence-corrected chi connectivity index (χ3v) is 5.37. The van der Waals surface area contributed by atoms with Gasteiger partial charge in [-0.25, -0.2) is 0 Å². The normalized spacial score (nSPS) is 12.9. The van der Waals surface area contributed by atoms with Crippen LogP contribution in [0.15, 0.2) is 53.1 Å². The number of ether oxygens (including phenoxy) is 3. The first-order valence-electron chi connectivity index (χ1n) is 10.7. The average molecular weight is 452 g/mol. The highest BCUT2D eigenvalue weighted by Gasteiger charge is 2.26. The van der Waals surface area contributed by atoms with Crippen molar-refractivity contribution in [2.24, 2.45) is 5.92 Å². The maximum absolute atomic E-state index is 12.6. The number of hydrogen-bond donors (Lipinski definition) is 1.